The molecule has 0 saturated carbocycles. The summed E-state index contributed by atoms with van der Waals surface area (Å²) in [6.07, 6.45) is 2.79. The minimum absolute atomic E-state index is 0.706. The Morgan fingerprint density at radius 2 is 2.23 bits per heavy atom. The van der Waals surface area contributed by atoms with Crippen molar-refractivity contribution in [2.75, 3.05) is 32.7 Å². The zero-order valence-electron chi connectivity index (χ0n) is 8.58. The summed E-state index contributed by atoms with van der Waals surface area (Å²) in [5, 5.41) is 0. The maximum Gasteiger partial charge on any atom is 0.0224 e. The molecule has 2 fully saturated rings. The van der Waals surface area contributed by atoms with E-state index in [0.29, 0.717) is 6.04 Å². The molecule has 2 N–H and O–H groups in total. The van der Waals surface area contributed by atoms with Crippen molar-refractivity contribution < 1.29 is 0 Å². The molecule has 76 valence electrons. The molecule has 0 radical (unpaired) electrons. The van der Waals surface area contributed by atoms with Gasteiger partial charge in [0.05, 0.1) is 0 Å². The van der Waals surface area contributed by atoms with Crippen LogP contribution < -0.4 is 5.73 Å². The highest BCUT2D eigenvalue weighted by molar-refractivity contribution is 4.90. The Labute approximate surface area is 80.9 Å². The van der Waals surface area contributed by atoms with Crippen LogP contribution in [-0.2, 0) is 0 Å². The predicted molar refractivity (Wildman–Crippen MR) is 54.7 cm³/mol. The van der Waals surface area contributed by atoms with E-state index in [1.165, 1.54) is 32.5 Å². The van der Waals surface area contributed by atoms with Gasteiger partial charge in [-0.3, -0.25) is 9.80 Å². The van der Waals surface area contributed by atoms with E-state index in [1.807, 2.05) is 0 Å². The van der Waals surface area contributed by atoms with Crippen LogP contribution in [0.2, 0.25) is 0 Å². The molecule has 13 heavy (non-hydrogen) atoms. The van der Waals surface area contributed by atoms with Gasteiger partial charge >= 0.3 is 0 Å². The van der Waals surface area contributed by atoms with Crippen LogP contribution in [0.4, 0.5) is 0 Å². The largest absolute Gasteiger partial charge is 0.329 e. The molecule has 2 rings (SSSR count). The monoisotopic (exact) mass is 183 g/mol. The third-order valence-electron chi connectivity index (χ3n) is 3.48. The first-order valence-corrected chi connectivity index (χ1v) is 5.49. The van der Waals surface area contributed by atoms with E-state index in [4.69, 9.17) is 5.73 Å². The summed E-state index contributed by atoms with van der Waals surface area (Å²) in [5.74, 6) is 0. The van der Waals surface area contributed by atoms with Gasteiger partial charge in [-0.15, -0.1) is 0 Å². The van der Waals surface area contributed by atoms with Gasteiger partial charge in [0.2, 0.25) is 0 Å². The summed E-state index contributed by atoms with van der Waals surface area (Å²) in [4.78, 5) is 5.20. The predicted octanol–water partition coefficient (Wildman–Crippen LogP) is 0.114. The number of fused-ring (bicyclic) bond motifs is 1. The summed E-state index contributed by atoms with van der Waals surface area (Å²) in [5.41, 5.74) is 5.60. The van der Waals surface area contributed by atoms with Gasteiger partial charge in [-0.2, -0.15) is 0 Å². The maximum absolute atomic E-state index is 5.60. The fourth-order valence-electron chi connectivity index (χ4n) is 2.73. The first-order chi connectivity index (χ1) is 6.31. The standard InChI is InChI=1S/C10H21N3/c1-9-7-13-5-2-3-10(13)8-12(9)6-4-11/h9-10H,2-8,11H2,1H3. The van der Waals surface area contributed by atoms with Crippen molar-refractivity contribution in [2.45, 2.75) is 31.8 Å². The van der Waals surface area contributed by atoms with E-state index in [-0.39, 0.29) is 0 Å². The normalized spacial score (nSPS) is 36.5. The molecule has 2 heterocycles. The summed E-state index contributed by atoms with van der Waals surface area (Å²) < 4.78 is 0. The average Bonchev–Trinajstić information content (AvgIpc) is 2.52. The fraction of sp³-hybridized carbons (Fsp3) is 1.00. The van der Waals surface area contributed by atoms with Crippen molar-refractivity contribution in [2.24, 2.45) is 5.73 Å². The molecule has 3 nitrogen and oxygen atoms in total. The second-order valence-electron chi connectivity index (χ2n) is 4.42. The summed E-state index contributed by atoms with van der Waals surface area (Å²) in [7, 11) is 0. The highest BCUT2D eigenvalue weighted by Gasteiger charge is 2.33. The lowest BCUT2D eigenvalue weighted by molar-refractivity contribution is 0.0620. The molecule has 0 aliphatic carbocycles. The maximum atomic E-state index is 5.60. The molecule has 2 atom stereocenters. The minimum Gasteiger partial charge on any atom is -0.329 e. The average molecular weight is 183 g/mol. The molecule has 0 aromatic heterocycles. The smallest absolute Gasteiger partial charge is 0.0224 e. The SMILES string of the molecule is CC1CN2CCCC2CN1CCN. The fourth-order valence-corrected chi connectivity index (χ4v) is 2.73. The van der Waals surface area contributed by atoms with Gasteiger partial charge in [0.25, 0.3) is 0 Å². The van der Waals surface area contributed by atoms with Gasteiger partial charge in [-0.25, -0.2) is 0 Å². The van der Waals surface area contributed by atoms with Crippen molar-refractivity contribution in [3.05, 3.63) is 0 Å². The Balaban J connectivity index is 1.93. The zero-order valence-corrected chi connectivity index (χ0v) is 8.58. The lowest BCUT2D eigenvalue weighted by atomic mass is 10.1. The van der Waals surface area contributed by atoms with Gasteiger partial charge in [0.1, 0.15) is 0 Å². The van der Waals surface area contributed by atoms with E-state index in [1.54, 1.807) is 0 Å². The minimum atomic E-state index is 0.706. The van der Waals surface area contributed by atoms with Gasteiger partial charge in [0.15, 0.2) is 0 Å². The molecule has 2 unspecified atom stereocenters. The van der Waals surface area contributed by atoms with Crippen LogP contribution in [0.15, 0.2) is 0 Å². The van der Waals surface area contributed by atoms with Crippen LogP contribution in [-0.4, -0.2) is 54.6 Å². The van der Waals surface area contributed by atoms with Gasteiger partial charge in [-0.1, -0.05) is 0 Å². The highest BCUT2D eigenvalue weighted by atomic mass is 15.3. The third-order valence-corrected chi connectivity index (χ3v) is 3.48. The number of rotatable bonds is 2. The van der Waals surface area contributed by atoms with Crippen molar-refractivity contribution in [3.63, 3.8) is 0 Å². The van der Waals surface area contributed by atoms with Crippen LogP contribution in [0, 0.1) is 0 Å². The third kappa shape index (κ3) is 1.87. The first kappa shape index (κ1) is 9.44. The number of piperazine rings is 1. The first-order valence-electron chi connectivity index (χ1n) is 5.49. The van der Waals surface area contributed by atoms with Crippen molar-refractivity contribution in [1.29, 1.82) is 0 Å². The Morgan fingerprint density at radius 1 is 1.38 bits per heavy atom. The quantitative estimate of drug-likeness (QED) is 0.660. The van der Waals surface area contributed by atoms with Crippen LogP contribution >= 0.6 is 0 Å². The molecule has 0 spiro atoms. The molecule has 0 aromatic rings. The van der Waals surface area contributed by atoms with Gasteiger partial charge in [-0.05, 0) is 26.3 Å². The summed E-state index contributed by atoms with van der Waals surface area (Å²) in [6, 6.07) is 1.54. The van der Waals surface area contributed by atoms with Crippen LogP contribution in [0.1, 0.15) is 19.8 Å². The van der Waals surface area contributed by atoms with Crippen molar-refractivity contribution in [3.8, 4) is 0 Å². The zero-order chi connectivity index (χ0) is 9.26. The Bertz CT molecular complexity index is 172. The lowest BCUT2D eigenvalue weighted by Crippen LogP contribution is -2.55. The Morgan fingerprint density at radius 3 is 3.00 bits per heavy atom. The Hall–Kier alpha value is -0.120. The molecular formula is C10H21N3. The van der Waals surface area contributed by atoms with Gasteiger partial charge < -0.3 is 5.73 Å². The van der Waals surface area contributed by atoms with E-state index in [9.17, 15) is 0 Å². The molecular weight excluding hydrogens is 162 g/mol. The number of hydrogen-bond donors (Lipinski definition) is 1. The van der Waals surface area contributed by atoms with E-state index in [2.05, 4.69) is 16.7 Å². The molecule has 0 aromatic carbocycles. The summed E-state index contributed by atoms with van der Waals surface area (Å²) in [6.45, 7) is 8.03. The molecule has 2 aliphatic rings. The number of nitrogens with zero attached hydrogens (tertiary/aromatic N) is 2. The molecule has 0 bridgehead atoms. The van der Waals surface area contributed by atoms with Crippen LogP contribution in [0.5, 0.6) is 0 Å². The molecule has 3 heteroatoms. The second kappa shape index (κ2) is 3.95. The van der Waals surface area contributed by atoms with E-state index < -0.39 is 0 Å². The van der Waals surface area contributed by atoms with Gasteiger partial charge in [0, 0.05) is 38.3 Å². The topological polar surface area (TPSA) is 32.5 Å². The molecule has 2 saturated heterocycles. The summed E-state index contributed by atoms with van der Waals surface area (Å²) >= 11 is 0. The highest BCUT2D eigenvalue weighted by Crippen LogP contribution is 2.23. The molecule has 2 aliphatic heterocycles. The number of nitrogens with two attached hydrogens (primary N) is 1. The van der Waals surface area contributed by atoms with Crippen LogP contribution in [0.25, 0.3) is 0 Å². The lowest BCUT2D eigenvalue weighted by Gasteiger charge is -2.42. The number of hydrogen-bond acceptors (Lipinski definition) is 3. The second-order valence-corrected chi connectivity index (χ2v) is 4.42. The Kier molecular flexibility index (Phi) is 2.86. The van der Waals surface area contributed by atoms with Crippen molar-refractivity contribution >= 4 is 0 Å². The molecule has 0 amide bonds. The van der Waals surface area contributed by atoms with Crippen molar-refractivity contribution in [1.82, 2.24) is 9.80 Å². The van der Waals surface area contributed by atoms with Crippen LogP contribution in [0.3, 0.4) is 0 Å². The van der Waals surface area contributed by atoms with E-state index in [0.717, 1.165) is 19.1 Å². The van der Waals surface area contributed by atoms with E-state index >= 15 is 0 Å².